The van der Waals surface area contributed by atoms with Crippen LogP contribution in [0.2, 0.25) is 0 Å². The molecule has 0 aliphatic carbocycles. The predicted molar refractivity (Wildman–Crippen MR) is 68.7 cm³/mol. The van der Waals surface area contributed by atoms with Gasteiger partial charge in [-0.25, -0.2) is 4.79 Å². The Bertz CT molecular complexity index is 353. The van der Waals surface area contributed by atoms with Gasteiger partial charge in [0.25, 0.3) is 0 Å². The van der Waals surface area contributed by atoms with Crippen molar-refractivity contribution in [3.63, 3.8) is 0 Å². The average molecular weight is 271 g/mol. The summed E-state index contributed by atoms with van der Waals surface area (Å²) in [6.45, 7) is 4.70. The number of urea groups is 1. The van der Waals surface area contributed by atoms with E-state index in [4.69, 9.17) is 5.11 Å². The van der Waals surface area contributed by atoms with E-state index in [-0.39, 0.29) is 12.3 Å². The second-order valence-electron chi connectivity index (χ2n) is 4.87. The van der Waals surface area contributed by atoms with Crippen LogP contribution in [-0.4, -0.2) is 53.1 Å². The number of rotatable bonds is 5. The number of amides is 3. The first-order chi connectivity index (χ1) is 8.90. The van der Waals surface area contributed by atoms with Crippen molar-refractivity contribution in [2.75, 3.05) is 13.1 Å². The summed E-state index contributed by atoms with van der Waals surface area (Å²) in [5.41, 5.74) is 0. The molecule has 0 bridgehead atoms. The monoisotopic (exact) mass is 271 g/mol. The van der Waals surface area contributed by atoms with Crippen LogP contribution in [-0.2, 0) is 9.59 Å². The Balaban J connectivity index is 2.34. The lowest BCUT2D eigenvalue weighted by atomic mass is 10.2. The number of carboxylic acid groups (broad SMARTS) is 1. The van der Waals surface area contributed by atoms with Crippen LogP contribution in [0.1, 0.15) is 33.1 Å². The van der Waals surface area contributed by atoms with E-state index < -0.39 is 24.1 Å². The highest BCUT2D eigenvalue weighted by Crippen LogP contribution is 2.08. The summed E-state index contributed by atoms with van der Waals surface area (Å²) in [5, 5.41) is 13.6. The summed E-state index contributed by atoms with van der Waals surface area (Å²) < 4.78 is 0. The van der Waals surface area contributed by atoms with E-state index in [1.165, 1.54) is 0 Å². The first-order valence-electron chi connectivity index (χ1n) is 6.47. The molecule has 1 aliphatic rings. The lowest BCUT2D eigenvalue weighted by Gasteiger charge is -2.22. The summed E-state index contributed by atoms with van der Waals surface area (Å²) in [6.07, 6.45) is 1.85. The molecule has 1 saturated heterocycles. The lowest BCUT2D eigenvalue weighted by Crippen LogP contribution is -2.51. The minimum atomic E-state index is -0.978. The molecule has 0 saturated carbocycles. The molecule has 0 spiro atoms. The van der Waals surface area contributed by atoms with Crippen LogP contribution >= 0.6 is 0 Å². The van der Waals surface area contributed by atoms with E-state index in [1.54, 1.807) is 18.7 Å². The fraction of sp³-hybridized carbons (Fsp3) is 0.750. The third-order valence-corrected chi connectivity index (χ3v) is 2.99. The molecule has 0 aromatic rings. The second kappa shape index (κ2) is 6.96. The number of nitrogens with one attached hydrogen (secondary N) is 2. The molecule has 1 heterocycles. The van der Waals surface area contributed by atoms with Gasteiger partial charge in [0.05, 0.1) is 6.42 Å². The van der Waals surface area contributed by atoms with Gasteiger partial charge in [0, 0.05) is 19.1 Å². The minimum Gasteiger partial charge on any atom is -0.481 e. The quantitative estimate of drug-likeness (QED) is 0.663. The number of aliphatic carboxylic acids is 1. The van der Waals surface area contributed by atoms with Crippen LogP contribution in [0.5, 0.6) is 0 Å². The van der Waals surface area contributed by atoms with Gasteiger partial charge in [0.15, 0.2) is 0 Å². The van der Waals surface area contributed by atoms with Crippen molar-refractivity contribution in [1.82, 2.24) is 15.5 Å². The molecule has 0 radical (unpaired) electrons. The van der Waals surface area contributed by atoms with Gasteiger partial charge in [0.2, 0.25) is 5.91 Å². The maximum Gasteiger partial charge on any atom is 0.315 e. The number of hydrogen-bond donors (Lipinski definition) is 3. The van der Waals surface area contributed by atoms with E-state index in [2.05, 4.69) is 10.6 Å². The number of carbonyl (C=O) groups excluding carboxylic acids is 2. The molecule has 2 unspecified atom stereocenters. The van der Waals surface area contributed by atoms with Gasteiger partial charge in [-0.1, -0.05) is 0 Å². The Kier molecular flexibility index (Phi) is 5.59. The van der Waals surface area contributed by atoms with Gasteiger partial charge in [-0.05, 0) is 26.7 Å². The first kappa shape index (κ1) is 15.3. The van der Waals surface area contributed by atoms with Crippen LogP contribution in [0.4, 0.5) is 4.79 Å². The number of carboxylic acids is 1. The maximum absolute atomic E-state index is 11.9. The number of hydrogen-bond acceptors (Lipinski definition) is 3. The molecule has 7 heteroatoms. The van der Waals surface area contributed by atoms with Crippen molar-refractivity contribution >= 4 is 17.9 Å². The molecule has 2 atom stereocenters. The fourth-order valence-corrected chi connectivity index (χ4v) is 2.05. The van der Waals surface area contributed by atoms with Crippen LogP contribution < -0.4 is 10.6 Å². The Labute approximate surface area is 112 Å². The standard InChI is InChI=1S/C12H21N3O4/c1-8(7-10(16)17)13-12(19)14-9(2)11(18)15-5-3-4-6-15/h8-9H,3-7H2,1-2H3,(H,16,17)(H2,13,14,19). The van der Waals surface area contributed by atoms with Gasteiger partial charge in [-0.15, -0.1) is 0 Å². The summed E-state index contributed by atoms with van der Waals surface area (Å²) >= 11 is 0. The zero-order chi connectivity index (χ0) is 14.4. The van der Waals surface area contributed by atoms with Crippen molar-refractivity contribution in [3.8, 4) is 0 Å². The van der Waals surface area contributed by atoms with Gasteiger partial charge < -0.3 is 20.6 Å². The van der Waals surface area contributed by atoms with Gasteiger partial charge >= 0.3 is 12.0 Å². The zero-order valence-electron chi connectivity index (χ0n) is 11.3. The molecular weight excluding hydrogens is 250 g/mol. The number of nitrogens with zero attached hydrogens (tertiary/aromatic N) is 1. The van der Waals surface area contributed by atoms with Crippen LogP contribution in [0.3, 0.4) is 0 Å². The minimum absolute atomic E-state index is 0.0986. The number of likely N-dealkylation sites (tertiary alicyclic amines) is 1. The summed E-state index contributed by atoms with van der Waals surface area (Å²) in [7, 11) is 0. The third kappa shape index (κ3) is 5.15. The van der Waals surface area contributed by atoms with Crippen molar-refractivity contribution < 1.29 is 19.5 Å². The molecule has 19 heavy (non-hydrogen) atoms. The average Bonchev–Trinajstić information content (AvgIpc) is 2.79. The van der Waals surface area contributed by atoms with Crippen molar-refractivity contribution in [2.24, 2.45) is 0 Å². The number of carbonyl (C=O) groups is 3. The largest absolute Gasteiger partial charge is 0.481 e. The molecule has 1 rings (SSSR count). The van der Waals surface area contributed by atoms with Crippen molar-refractivity contribution in [1.29, 1.82) is 0 Å². The first-order valence-corrected chi connectivity index (χ1v) is 6.47. The SMILES string of the molecule is CC(CC(=O)O)NC(=O)NC(C)C(=O)N1CCCC1. The highest BCUT2D eigenvalue weighted by molar-refractivity contribution is 5.87. The molecule has 1 fully saturated rings. The molecule has 0 aromatic heterocycles. The van der Waals surface area contributed by atoms with E-state index in [9.17, 15) is 14.4 Å². The maximum atomic E-state index is 11.9. The Morgan fingerprint density at radius 3 is 2.26 bits per heavy atom. The van der Waals surface area contributed by atoms with E-state index in [0.29, 0.717) is 0 Å². The van der Waals surface area contributed by atoms with E-state index in [0.717, 1.165) is 25.9 Å². The Hall–Kier alpha value is -1.79. The molecule has 0 aromatic carbocycles. The van der Waals surface area contributed by atoms with Crippen LogP contribution in [0, 0.1) is 0 Å². The Morgan fingerprint density at radius 1 is 1.16 bits per heavy atom. The molecule has 3 amide bonds. The second-order valence-corrected chi connectivity index (χ2v) is 4.87. The van der Waals surface area contributed by atoms with Crippen molar-refractivity contribution in [2.45, 2.75) is 45.2 Å². The third-order valence-electron chi connectivity index (χ3n) is 2.99. The smallest absolute Gasteiger partial charge is 0.315 e. The highest BCUT2D eigenvalue weighted by Gasteiger charge is 2.24. The normalized spacial score (nSPS) is 17.7. The topological polar surface area (TPSA) is 98.7 Å². The van der Waals surface area contributed by atoms with Gasteiger partial charge in [-0.3, -0.25) is 9.59 Å². The van der Waals surface area contributed by atoms with Crippen LogP contribution in [0.25, 0.3) is 0 Å². The fourth-order valence-electron chi connectivity index (χ4n) is 2.05. The summed E-state index contributed by atoms with van der Waals surface area (Å²) in [6, 6.07) is -1.60. The summed E-state index contributed by atoms with van der Waals surface area (Å²) in [5.74, 6) is -1.08. The summed E-state index contributed by atoms with van der Waals surface area (Å²) in [4.78, 5) is 35.7. The molecule has 7 nitrogen and oxygen atoms in total. The van der Waals surface area contributed by atoms with E-state index >= 15 is 0 Å². The van der Waals surface area contributed by atoms with Crippen molar-refractivity contribution in [3.05, 3.63) is 0 Å². The molecule has 108 valence electrons. The zero-order valence-corrected chi connectivity index (χ0v) is 11.3. The van der Waals surface area contributed by atoms with Gasteiger partial charge in [0.1, 0.15) is 6.04 Å². The van der Waals surface area contributed by atoms with Gasteiger partial charge in [-0.2, -0.15) is 0 Å². The molecular formula is C12H21N3O4. The molecule has 1 aliphatic heterocycles. The van der Waals surface area contributed by atoms with Crippen LogP contribution in [0.15, 0.2) is 0 Å². The predicted octanol–water partition coefficient (Wildman–Crippen LogP) is 0.160. The van der Waals surface area contributed by atoms with E-state index in [1.807, 2.05) is 0 Å². The molecule has 3 N–H and O–H groups in total. The Morgan fingerprint density at radius 2 is 1.74 bits per heavy atom. The lowest BCUT2D eigenvalue weighted by molar-refractivity contribution is -0.137. The highest BCUT2D eigenvalue weighted by atomic mass is 16.4.